The lowest BCUT2D eigenvalue weighted by atomic mass is 10.1. The van der Waals surface area contributed by atoms with Gasteiger partial charge in [0.05, 0.1) is 0 Å². The van der Waals surface area contributed by atoms with E-state index in [9.17, 15) is 14.0 Å². The fourth-order valence-corrected chi connectivity index (χ4v) is 1.92. The highest BCUT2D eigenvalue weighted by Gasteiger charge is 2.18. The smallest absolute Gasteiger partial charge is 0.349 e. The minimum Gasteiger partial charge on any atom is -0.422 e. The van der Waals surface area contributed by atoms with Crippen LogP contribution in [0.15, 0.2) is 33.5 Å². The molecule has 19 heavy (non-hydrogen) atoms. The third-order valence-corrected chi connectivity index (χ3v) is 2.98. The Labute approximate surface area is 109 Å². The Morgan fingerprint density at radius 3 is 2.58 bits per heavy atom. The molecule has 0 radical (unpaired) electrons. The van der Waals surface area contributed by atoms with Crippen LogP contribution in [0.25, 0.3) is 11.0 Å². The number of hydrogen-bond acceptors (Lipinski definition) is 3. The van der Waals surface area contributed by atoms with Gasteiger partial charge in [0, 0.05) is 18.5 Å². The summed E-state index contributed by atoms with van der Waals surface area (Å²) in [5.74, 6) is -0.840. The van der Waals surface area contributed by atoms with Crippen molar-refractivity contribution >= 4 is 16.9 Å². The number of hydrogen-bond donors (Lipinski definition) is 0. The van der Waals surface area contributed by atoms with Crippen molar-refractivity contribution in [1.29, 1.82) is 0 Å². The number of fused-ring (bicyclic) bond motifs is 1. The topological polar surface area (TPSA) is 50.5 Å². The van der Waals surface area contributed by atoms with Gasteiger partial charge in [-0.3, -0.25) is 4.79 Å². The van der Waals surface area contributed by atoms with E-state index >= 15 is 0 Å². The second-order valence-corrected chi connectivity index (χ2v) is 4.11. The van der Waals surface area contributed by atoms with E-state index in [4.69, 9.17) is 4.42 Å². The zero-order valence-electron chi connectivity index (χ0n) is 10.8. The van der Waals surface area contributed by atoms with E-state index in [1.807, 2.05) is 13.8 Å². The lowest BCUT2D eigenvalue weighted by molar-refractivity contribution is 0.0769. The highest BCUT2D eigenvalue weighted by Crippen LogP contribution is 2.15. The summed E-state index contributed by atoms with van der Waals surface area (Å²) in [6.45, 7) is 4.64. The molecule has 0 spiro atoms. The van der Waals surface area contributed by atoms with Crippen molar-refractivity contribution in [3.63, 3.8) is 0 Å². The Kier molecular flexibility index (Phi) is 3.64. The zero-order chi connectivity index (χ0) is 14.0. The molecule has 0 fully saturated rings. The van der Waals surface area contributed by atoms with Crippen LogP contribution < -0.4 is 5.63 Å². The van der Waals surface area contributed by atoms with Crippen LogP contribution in [-0.2, 0) is 0 Å². The summed E-state index contributed by atoms with van der Waals surface area (Å²) in [5, 5.41) is 0.398. The number of halogens is 1. The minimum absolute atomic E-state index is 0.0678. The Bertz CT molecular complexity index is 674. The van der Waals surface area contributed by atoms with E-state index in [1.165, 1.54) is 29.2 Å². The molecular weight excluding hydrogens is 249 g/mol. The van der Waals surface area contributed by atoms with Gasteiger partial charge in [-0.1, -0.05) is 0 Å². The number of carbonyl (C=O) groups excluding carboxylic acids is 1. The fourth-order valence-electron chi connectivity index (χ4n) is 1.92. The standard InChI is InChI=1S/C14H14FNO3/c1-3-16(4-2)13(17)11-8-9-7-10(15)5-6-12(9)19-14(11)18/h5-8H,3-4H2,1-2H3. The van der Waals surface area contributed by atoms with Gasteiger partial charge in [-0.25, -0.2) is 9.18 Å². The molecule has 1 aromatic carbocycles. The molecule has 0 saturated heterocycles. The summed E-state index contributed by atoms with van der Waals surface area (Å²) in [6.07, 6.45) is 0. The van der Waals surface area contributed by atoms with Gasteiger partial charge in [0.15, 0.2) is 0 Å². The van der Waals surface area contributed by atoms with E-state index in [0.29, 0.717) is 18.5 Å². The molecule has 1 amide bonds. The van der Waals surface area contributed by atoms with Gasteiger partial charge in [-0.15, -0.1) is 0 Å². The number of carbonyl (C=O) groups is 1. The first kappa shape index (κ1) is 13.3. The third kappa shape index (κ3) is 2.50. The van der Waals surface area contributed by atoms with Crippen LogP contribution in [0.4, 0.5) is 4.39 Å². The summed E-state index contributed by atoms with van der Waals surface area (Å²) in [5.41, 5.74) is -0.500. The van der Waals surface area contributed by atoms with Crippen LogP contribution in [0.5, 0.6) is 0 Å². The molecule has 0 aliphatic rings. The number of amides is 1. The highest BCUT2D eigenvalue weighted by atomic mass is 19.1. The van der Waals surface area contributed by atoms with Crippen molar-refractivity contribution in [2.75, 3.05) is 13.1 Å². The molecule has 1 aromatic heterocycles. The minimum atomic E-state index is -0.698. The molecule has 1 heterocycles. The summed E-state index contributed by atoms with van der Waals surface area (Å²) in [6, 6.07) is 5.19. The van der Waals surface area contributed by atoms with E-state index in [1.54, 1.807) is 0 Å². The molecule has 2 rings (SSSR count). The van der Waals surface area contributed by atoms with E-state index in [-0.39, 0.29) is 11.1 Å². The summed E-state index contributed by atoms with van der Waals surface area (Å²) < 4.78 is 18.2. The van der Waals surface area contributed by atoms with Crippen LogP contribution in [-0.4, -0.2) is 23.9 Å². The van der Waals surface area contributed by atoms with Crippen LogP contribution >= 0.6 is 0 Å². The summed E-state index contributed by atoms with van der Waals surface area (Å²) in [4.78, 5) is 25.4. The fraction of sp³-hybridized carbons (Fsp3) is 0.286. The maximum atomic E-state index is 13.1. The van der Waals surface area contributed by atoms with Crippen LogP contribution in [0.3, 0.4) is 0 Å². The summed E-state index contributed by atoms with van der Waals surface area (Å²) >= 11 is 0. The van der Waals surface area contributed by atoms with Crippen molar-refractivity contribution < 1.29 is 13.6 Å². The molecule has 0 aliphatic carbocycles. The van der Waals surface area contributed by atoms with E-state index < -0.39 is 17.3 Å². The quantitative estimate of drug-likeness (QED) is 0.799. The van der Waals surface area contributed by atoms with Crippen molar-refractivity contribution in [3.05, 3.63) is 46.1 Å². The third-order valence-electron chi connectivity index (χ3n) is 2.98. The van der Waals surface area contributed by atoms with Gasteiger partial charge in [-0.2, -0.15) is 0 Å². The first-order valence-corrected chi connectivity index (χ1v) is 6.09. The van der Waals surface area contributed by atoms with Crippen LogP contribution in [0.2, 0.25) is 0 Å². The monoisotopic (exact) mass is 263 g/mol. The second-order valence-electron chi connectivity index (χ2n) is 4.11. The number of benzene rings is 1. The largest absolute Gasteiger partial charge is 0.422 e. The predicted octanol–water partition coefficient (Wildman–Crippen LogP) is 2.41. The Morgan fingerprint density at radius 1 is 1.26 bits per heavy atom. The maximum Gasteiger partial charge on any atom is 0.349 e. The summed E-state index contributed by atoms with van der Waals surface area (Å²) in [7, 11) is 0. The van der Waals surface area contributed by atoms with Crippen molar-refractivity contribution in [1.82, 2.24) is 4.90 Å². The number of nitrogens with zero attached hydrogens (tertiary/aromatic N) is 1. The first-order valence-electron chi connectivity index (χ1n) is 6.09. The normalized spacial score (nSPS) is 10.7. The average Bonchev–Trinajstić information content (AvgIpc) is 2.39. The Hall–Kier alpha value is -2.17. The molecule has 0 atom stereocenters. The van der Waals surface area contributed by atoms with Crippen LogP contribution in [0.1, 0.15) is 24.2 Å². The van der Waals surface area contributed by atoms with Crippen LogP contribution in [0, 0.1) is 5.82 Å². The lowest BCUT2D eigenvalue weighted by Crippen LogP contribution is -2.33. The molecule has 4 nitrogen and oxygen atoms in total. The molecule has 0 aliphatic heterocycles. The molecule has 2 aromatic rings. The molecular formula is C14H14FNO3. The molecule has 0 bridgehead atoms. The molecule has 100 valence electrons. The molecule has 0 unspecified atom stereocenters. The Balaban J connectivity index is 2.57. The number of rotatable bonds is 3. The Morgan fingerprint density at radius 2 is 1.95 bits per heavy atom. The maximum absolute atomic E-state index is 13.1. The van der Waals surface area contributed by atoms with E-state index in [2.05, 4.69) is 0 Å². The molecule has 5 heteroatoms. The van der Waals surface area contributed by atoms with Gasteiger partial charge in [-0.05, 0) is 38.1 Å². The van der Waals surface area contributed by atoms with Gasteiger partial charge in [0.1, 0.15) is 17.0 Å². The lowest BCUT2D eigenvalue weighted by Gasteiger charge is -2.17. The zero-order valence-corrected chi connectivity index (χ0v) is 10.8. The first-order chi connectivity index (χ1) is 9.06. The van der Waals surface area contributed by atoms with Gasteiger partial charge >= 0.3 is 5.63 Å². The second kappa shape index (κ2) is 5.22. The van der Waals surface area contributed by atoms with Gasteiger partial charge in [0.2, 0.25) is 0 Å². The van der Waals surface area contributed by atoms with Gasteiger partial charge < -0.3 is 9.32 Å². The SMILES string of the molecule is CCN(CC)C(=O)c1cc2cc(F)ccc2oc1=O. The highest BCUT2D eigenvalue weighted by molar-refractivity contribution is 5.96. The van der Waals surface area contributed by atoms with Gasteiger partial charge in [0.25, 0.3) is 5.91 Å². The predicted molar refractivity (Wildman–Crippen MR) is 69.7 cm³/mol. The van der Waals surface area contributed by atoms with E-state index in [0.717, 1.165) is 0 Å². The average molecular weight is 263 g/mol. The van der Waals surface area contributed by atoms with Crippen molar-refractivity contribution in [2.24, 2.45) is 0 Å². The molecule has 0 saturated carbocycles. The van der Waals surface area contributed by atoms with Crippen molar-refractivity contribution in [3.8, 4) is 0 Å². The van der Waals surface area contributed by atoms with Crippen molar-refractivity contribution in [2.45, 2.75) is 13.8 Å². The molecule has 0 N–H and O–H groups in total.